The number of hydrogen-bond acceptors (Lipinski definition) is 8. The molecule has 0 aliphatic rings. The zero-order chi connectivity index (χ0) is 31.9. The Kier molecular flexibility index (Phi) is 36.7. The monoisotopic (exact) mass is 596 g/mol. The topological polar surface area (TPSA) is 77.8 Å². The van der Waals surface area contributed by atoms with Gasteiger partial charge in [-0.15, -0.1) is 11.3 Å². The van der Waals surface area contributed by atoms with Crippen LogP contribution in [0.25, 0.3) is 0 Å². The summed E-state index contributed by atoms with van der Waals surface area (Å²) in [5.41, 5.74) is 1.02. The molecule has 4 heterocycles. The van der Waals surface area contributed by atoms with Crippen LogP contribution in [0.1, 0.15) is 156 Å². The molecule has 0 aromatic carbocycles. The van der Waals surface area contributed by atoms with Crippen molar-refractivity contribution in [2.75, 3.05) is 0 Å². The Labute approximate surface area is 255 Å². The average Bonchev–Trinajstić information content (AvgIpc) is 3.81. The van der Waals surface area contributed by atoms with Crippen LogP contribution in [-0.4, -0.2) is 19.3 Å². The minimum absolute atomic E-state index is 0.456. The molecule has 0 fully saturated rings. The van der Waals surface area contributed by atoms with Crippen molar-refractivity contribution in [3.05, 3.63) is 70.4 Å². The Bertz CT molecular complexity index is 734. The molecular weight excluding hydrogens is 537 g/mol. The van der Waals surface area contributed by atoms with Crippen molar-refractivity contribution in [3.8, 4) is 0 Å². The smallest absolute Gasteiger partial charge is 0.180 e. The molecule has 0 aliphatic carbocycles. The van der Waals surface area contributed by atoms with Gasteiger partial charge in [0.15, 0.2) is 12.8 Å². The van der Waals surface area contributed by atoms with Crippen molar-refractivity contribution in [1.82, 2.24) is 19.3 Å². The normalized spacial score (nSPS) is 8.90. The van der Waals surface area contributed by atoms with Gasteiger partial charge in [0.1, 0.15) is 12.0 Å². The van der Waals surface area contributed by atoms with Gasteiger partial charge in [0.05, 0.1) is 16.9 Å². The lowest BCUT2D eigenvalue weighted by atomic mass is 10.2. The van der Waals surface area contributed by atoms with E-state index < -0.39 is 0 Å². The van der Waals surface area contributed by atoms with Crippen molar-refractivity contribution in [2.45, 2.75) is 134 Å². The molecule has 4 aromatic heterocycles. The average molecular weight is 597 g/mol. The fourth-order valence-electron chi connectivity index (χ4n) is 2.06. The summed E-state index contributed by atoms with van der Waals surface area (Å²) in [4.78, 5) is 13.2. The number of nitrogens with zero attached hydrogens (tertiary/aromatic N) is 4. The van der Waals surface area contributed by atoms with Crippen LogP contribution in [0.5, 0.6) is 0 Å². The van der Waals surface area contributed by atoms with Crippen LogP contribution in [0.15, 0.2) is 57.9 Å². The molecule has 4 aromatic rings. The van der Waals surface area contributed by atoms with Gasteiger partial charge in [0.25, 0.3) is 0 Å². The molecular formula is C32H60N4O2S2. The molecule has 0 radical (unpaired) electrons. The Morgan fingerprint density at radius 1 is 0.675 bits per heavy atom. The fourth-order valence-corrected chi connectivity index (χ4v) is 3.29. The molecule has 0 saturated carbocycles. The highest BCUT2D eigenvalue weighted by Gasteiger charge is 2.00. The van der Waals surface area contributed by atoms with E-state index in [0.717, 1.165) is 11.5 Å². The van der Waals surface area contributed by atoms with Crippen LogP contribution in [0.4, 0.5) is 0 Å². The lowest BCUT2D eigenvalue weighted by Gasteiger charge is -1.94. The first-order chi connectivity index (χ1) is 19.2. The SMILES string of the molecule is CC.CC.CC.CC.CC(C)c1ccns1.CC(C)c1cnco1.CC(C)c1cocn1.CC(C)c1nccs1. The van der Waals surface area contributed by atoms with Gasteiger partial charge in [-0.05, 0) is 29.4 Å². The highest BCUT2D eigenvalue weighted by atomic mass is 32.1. The molecule has 232 valence electrons. The van der Waals surface area contributed by atoms with Gasteiger partial charge in [0.2, 0.25) is 0 Å². The molecule has 0 unspecified atom stereocenters. The second-order valence-corrected chi connectivity index (χ2v) is 10.0. The van der Waals surface area contributed by atoms with Gasteiger partial charge in [-0.3, -0.25) is 0 Å². The van der Waals surface area contributed by atoms with Crippen LogP contribution < -0.4 is 0 Å². The highest BCUT2D eigenvalue weighted by Crippen LogP contribution is 2.16. The zero-order valence-corrected chi connectivity index (χ0v) is 30.0. The lowest BCUT2D eigenvalue weighted by Crippen LogP contribution is -1.83. The first-order valence-corrected chi connectivity index (χ1v) is 16.4. The molecule has 0 bridgehead atoms. The molecule has 0 N–H and O–H groups in total. The van der Waals surface area contributed by atoms with Crippen molar-refractivity contribution >= 4 is 22.9 Å². The predicted octanol–water partition coefficient (Wildman–Crippen LogP) is 12.2. The van der Waals surface area contributed by atoms with E-state index in [2.05, 4.69) is 80.8 Å². The van der Waals surface area contributed by atoms with E-state index in [1.807, 2.05) is 73.2 Å². The number of thiazole rings is 1. The summed E-state index contributed by atoms with van der Waals surface area (Å²) in [6.45, 7) is 33.0. The number of aromatic nitrogens is 4. The summed E-state index contributed by atoms with van der Waals surface area (Å²) >= 11 is 3.30. The van der Waals surface area contributed by atoms with Crippen molar-refractivity contribution in [3.63, 3.8) is 0 Å². The molecule has 0 saturated heterocycles. The van der Waals surface area contributed by atoms with E-state index in [0.29, 0.717) is 23.7 Å². The molecule has 0 atom stereocenters. The molecule has 40 heavy (non-hydrogen) atoms. The third-order valence-electron chi connectivity index (χ3n) is 4.04. The number of rotatable bonds is 4. The molecule has 0 amide bonds. The second kappa shape index (κ2) is 32.9. The Balaban J connectivity index is -0.000000199. The molecule has 8 heteroatoms. The van der Waals surface area contributed by atoms with E-state index in [1.54, 1.807) is 35.3 Å². The minimum atomic E-state index is 0.456. The predicted molar refractivity (Wildman–Crippen MR) is 179 cm³/mol. The summed E-state index contributed by atoms with van der Waals surface area (Å²) in [6.07, 6.45) is 10.0. The van der Waals surface area contributed by atoms with Crippen molar-refractivity contribution in [2.24, 2.45) is 0 Å². The van der Waals surface area contributed by atoms with Gasteiger partial charge in [-0.2, -0.15) is 0 Å². The summed E-state index contributed by atoms with van der Waals surface area (Å²) in [6, 6.07) is 2.06. The van der Waals surface area contributed by atoms with Gasteiger partial charge in [-0.25, -0.2) is 19.3 Å². The van der Waals surface area contributed by atoms with Gasteiger partial charge in [-0.1, -0.05) is 111 Å². The van der Waals surface area contributed by atoms with E-state index in [1.165, 1.54) is 22.7 Å². The second-order valence-electron chi connectivity index (χ2n) is 8.22. The van der Waals surface area contributed by atoms with Gasteiger partial charge in [0, 0.05) is 34.5 Å². The first kappa shape index (κ1) is 44.7. The maximum atomic E-state index is 4.98. The summed E-state index contributed by atoms with van der Waals surface area (Å²) < 4.78 is 13.7. The molecule has 4 rings (SSSR count). The van der Waals surface area contributed by atoms with Crippen LogP contribution in [-0.2, 0) is 0 Å². The van der Waals surface area contributed by atoms with Gasteiger partial charge < -0.3 is 8.83 Å². The highest BCUT2D eigenvalue weighted by molar-refractivity contribution is 7.09. The van der Waals surface area contributed by atoms with E-state index in [4.69, 9.17) is 8.83 Å². The largest absolute Gasteiger partial charge is 0.451 e. The summed E-state index contributed by atoms with van der Waals surface area (Å²) in [7, 11) is 0. The van der Waals surface area contributed by atoms with E-state index in [-0.39, 0.29) is 0 Å². The first-order valence-electron chi connectivity index (χ1n) is 14.8. The van der Waals surface area contributed by atoms with E-state index in [9.17, 15) is 0 Å². The Hall–Kier alpha value is -2.32. The lowest BCUT2D eigenvalue weighted by molar-refractivity contribution is 0.482. The maximum absolute atomic E-state index is 4.98. The van der Waals surface area contributed by atoms with Crippen molar-refractivity contribution < 1.29 is 8.83 Å². The molecule has 0 spiro atoms. The van der Waals surface area contributed by atoms with Gasteiger partial charge >= 0.3 is 0 Å². The van der Waals surface area contributed by atoms with Crippen LogP contribution in [0, 0.1) is 0 Å². The third-order valence-corrected chi connectivity index (χ3v) is 6.16. The van der Waals surface area contributed by atoms with Crippen LogP contribution in [0.3, 0.4) is 0 Å². The van der Waals surface area contributed by atoms with Crippen LogP contribution >= 0.6 is 22.9 Å². The van der Waals surface area contributed by atoms with E-state index >= 15 is 0 Å². The van der Waals surface area contributed by atoms with Crippen LogP contribution in [0.2, 0.25) is 0 Å². The number of oxazole rings is 2. The number of hydrogen-bond donors (Lipinski definition) is 0. The maximum Gasteiger partial charge on any atom is 0.180 e. The standard InChI is InChI=1S/2C6H9NO.2C6H9NS.4C2H6/c1-5(2)6-3-8-4-7-6;1-5(2)6-3-7-4-8-6;1-5(2)6-7-3-4-8-6;1-5(2)6-3-4-7-8-6;4*1-2/h4*3-5H,1-2H3;4*1-2H3. The molecule has 6 nitrogen and oxygen atoms in total. The fraction of sp³-hybridized carbons (Fsp3) is 0.625. The Morgan fingerprint density at radius 3 is 1.48 bits per heavy atom. The minimum Gasteiger partial charge on any atom is -0.451 e. The summed E-state index contributed by atoms with van der Waals surface area (Å²) in [5.74, 6) is 3.12. The zero-order valence-electron chi connectivity index (χ0n) is 28.4. The molecule has 0 aliphatic heterocycles. The Morgan fingerprint density at radius 2 is 1.27 bits per heavy atom. The quantitative estimate of drug-likeness (QED) is 0.233. The van der Waals surface area contributed by atoms with Crippen molar-refractivity contribution in [1.29, 1.82) is 0 Å². The summed E-state index contributed by atoms with van der Waals surface area (Å²) in [5, 5.41) is 3.24. The third kappa shape index (κ3) is 24.7.